The molecule has 3 heterocycles. The third-order valence-electron chi connectivity index (χ3n) is 12.6. The molecule has 1 aliphatic heterocycles. The van der Waals surface area contributed by atoms with Gasteiger partial charge in [-0.25, -0.2) is 4.98 Å². The molecule has 2 aromatic heterocycles. The molecule has 0 spiro atoms. The Bertz CT molecular complexity index is 3580. The van der Waals surface area contributed by atoms with E-state index in [2.05, 4.69) is 188 Å². The number of pyridine rings is 1. The fourth-order valence-electron chi connectivity index (χ4n) is 9.08. The summed E-state index contributed by atoms with van der Waals surface area (Å²) in [6.07, 6.45) is -0.181. The summed E-state index contributed by atoms with van der Waals surface area (Å²) in [7, 11) is 0. The number of rotatable bonds is 8. The van der Waals surface area contributed by atoms with Crippen LogP contribution < -0.4 is 14.5 Å². The zero-order valence-electron chi connectivity index (χ0n) is 41.8. The van der Waals surface area contributed by atoms with Gasteiger partial charge in [-0.05, 0) is 79.9 Å². The molecular weight excluding hydrogens is 1010 g/mol. The minimum atomic E-state index is -0.579. The first-order valence-electron chi connectivity index (χ1n) is 24.3. The van der Waals surface area contributed by atoms with Gasteiger partial charge in [-0.3, -0.25) is 0 Å². The van der Waals surface area contributed by atoms with E-state index >= 15 is 0 Å². The third kappa shape index (κ3) is 8.30. The van der Waals surface area contributed by atoms with Gasteiger partial charge in [0.15, 0.2) is 0 Å². The Hall–Kier alpha value is -7.20. The second-order valence-corrected chi connectivity index (χ2v) is 19.2. The summed E-state index contributed by atoms with van der Waals surface area (Å²) < 4.78 is 35.8. The second kappa shape index (κ2) is 17.8. The average Bonchev–Trinajstić information content (AvgIpc) is 3.90. The number of aromatic nitrogens is 2. The van der Waals surface area contributed by atoms with Crippen LogP contribution in [0.4, 0.5) is 22.7 Å². The van der Waals surface area contributed by atoms with E-state index < -0.39 is 5.41 Å². The van der Waals surface area contributed by atoms with Gasteiger partial charge >= 0.3 is 0 Å². The van der Waals surface area contributed by atoms with E-state index in [4.69, 9.17) is 7.48 Å². The molecule has 6 heteroatoms. The van der Waals surface area contributed by atoms with Crippen molar-refractivity contribution in [2.24, 2.45) is 0 Å². The Morgan fingerprint density at radius 2 is 1.15 bits per heavy atom. The summed E-state index contributed by atoms with van der Waals surface area (Å²) in [5, 5.41) is 1.84. The van der Waals surface area contributed by atoms with Gasteiger partial charge in [0, 0.05) is 72.4 Å². The molecule has 0 fully saturated rings. The quantitative estimate of drug-likeness (QED) is 0.142. The van der Waals surface area contributed by atoms with Crippen molar-refractivity contribution in [2.75, 3.05) is 9.80 Å². The van der Waals surface area contributed by atoms with Gasteiger partial charge in [0.05, 0.1) is 4.11 Å². The van der Waals surface area contributed by atoms with E-state index in [0.717, 1.165) is 72.4 Å². The van der Waals surface area contributed by atoms with Crippen LogP contribution in [0.5, 0.6) is 11.5 Å². The van der Waals surface area contributed by atoms with Gasteiger partial charge in [0.25, 0.3) is 0 Å². The van der Waals surface area contributed by atoms with Crippen LogP contribution in [-0.4, -0.2) is 9.55 Å². The molecule has 0 saturated carbocycles. The molecule has 0 unspecified atom stereocenters. The van der Waals surface area contributed by atoms with E-state index in [-0.39, 0.29) is 50.6 Å². The third-order valence-corrected chi connectivity index (χ3v) is 12.6. The molecule has 68 heavy (non-hydrogen) atoms. The van der Waals surface area contributed by atoms with Gasteiger partial charge in [0.2, 0.25) is 0 Å². The minimum absolute atomic E-state index is 0. The maximum absolute atomic E-state index is 9.55. The van der Waals surface area contributed by atoms with Gasteiger partial charge in [-0.1, -0.05) is 174 Å². The van der Waals surface area contributed by atoms with Crippen molar-refractivity contribution in [3.8, 4) is 50.7 Å². The number of ether oxygens (including phenoxy) is 1. The number of anilines is 4. The van der Waals surface area contributed by atoms with Gasteiger partial charge in [-0.15, -0.1) is 48.1 Å². The fraction of sp³-hybridized carbons (Fsp3) is 0.129. The summed E-state index contributed by atoms with van der Waals surface area (Å²) in [6, 6.07) is 68.1. The van der Waals surface area contributed by atoms with E-state index in [1.54, 1.807) is 0 Å². The van der Waals surface area contributed by atoms with Gasteiger partial charge in [0.1, 0.15) is 5.82 Å². The Morgan fingerprint density at radius 3 is 1.84 bits per heavy atom. The normalized spacial score (nSPS) is 13.2. The molecule has 0 saturated heterocycles. The van der Waals surface area contributed by atoms with Crippen LogP contribution >= 0.6 is 0 Å². The number of hydrogen-bond donors (Lipinski definition) is 0. The predicted octanol–water partition coefficient (Wildman–Crippen LogP) is 16.6. The smallest absolute Gasteiger partial charge is 0.135 e. The Kier molecular flexibility index (Phi) is 10.7. The molecule has 0 atom stereocenters. The first kappa shape index (κ1) is 41.0. The number of para-hydroxylation sites is 3. The molecule has 338 valence electrons. The second-order valence-electron chi connectivity index (χ2n) is 19.2. The number of benzene rings is 8. The van der Waals surface area contributed by atoms with Crippen molar-refractivity contribution in [1.29, 1.82) is 0 Å². The van der Waals surface area contributed by atoms with Crippen molar-refractivity contribution in [2.45, 2.75) is 52.4 Å². The van der Waals surface area contributed by atoms with Crippen molar-refractivity contribution in [3.05, 3.63) is 224 Å². The van der Waals surface area contributed by atoms with Crippen molar-refractivity contribution < 1.29 is 29.9 Å². The van der Waals surface area contributed by atoms with E-state index in [9.17, 15) is 1.37 Å². The summed E-state index contributed by atoms with van der Waals surface area (Å²) in [5.74, 6) is 1.22. The molecule has 0 amide bonds. The van der Waals surface area contributed by atoms with Crippen molar-refractivity contribution in [3.63, 3.8) is 0 Å². The van der Waals surface area contributed by atoms with Crippen LogP contribution in [0.15, 0.2) is 194 Å². The zero-order valence-corrected chi connectivity index (χ0v) is 41.1. The molecule has 8 aromatic carbocycles. The van der Waals surface area contributed by atoms with Crippen LogP contribution in [0.3, 0.4) is 0 Å². The molecule has 1 aliphatic rings. The van der Waals surface area contributed by atoms with Crippen LogP contribution in [-0.2, 0) is 31.9 Å². The minimum Gasteiger partial charge on any atom is -0.509 e. The predicted molar refractivity (Wildman–Crippen MR) is 278 cm³/mol. The van der Waals surface area contributed by atoms with E-state index in [1.165, 1.54) is 5.56 Å². The van der Waals surface area contributed by atoms with Gasteiger partial charge < -0.3 is 19.1 Å². The standard InChI is InChI=1S/C62H51N4O.Pt/c1-61(2,3)46-23-15-22-44(36-46)45-30-33-55-54(37-45)53-32-31-50(40-58(53)66(55)59-38-47(34-35-63-59)62(4,5)6)67-49-25-16-24-48(39-49)64-41-65(57-29-14-13-28-56(57)64)60-51(42-18-9-7-10-19-42)26-17-27-52(60)43-20-11-8-12-21-43;/h7-38,41H,1-6H3;/q-3;/i34D,35D,38D;. The summed E-state index contributed by atoms with van der Waals surface area (Å²) in [4.78, 5) is 9.08. The van der Waals surface area contributed by atoms with Crippen molar-refractivity contribution >= 4 is 44.6 Å². The molecule has 0 radical (unpaired) electrons. The van der Waals surface area contributed by atoms with E-state index in [1.807, 2.05) is 67.8 Å². The van der Waals surface area contributed by atoms with Crippen molar-refractivity contribution in [1.82, 2.24) is 9.55 Å². The van der Waals surface area contributed by atoms with Crippen LogP contribution in [0, 0.1) is 18.8 Å². The molecule has 11 rings (SSSR count). The SMILES string of the molecule is [2H]c1nc(-n2c3[c-]c(Oc4[c-]c(N5[CH-]N(c6c(-c7ccccc7)cccc6-c6ccccc6)c6ccccc65)ccc4)ccc3c3cc(-c4cccc(C(C)(C)C)c4)ccc32)c([2H])c(C(C)(C)C)c1[2H].[Pt]. The number of hydrogen-bond acceptors (Lipinski definition) is 4. The summed E-state index contributed by atoms with van der Waals surface area (Å²) >= 11 is 0. The zero-order chi connectivity index (χ0) is 48.5. The molecule has 0 N–H and O–H groups in total. The molecule has 0 aliphatic carbocycles. The van der Waals surface area contributed by atoms with Crippen LogP contribution in [0.25, 0.3) is 61.0 Å². The Morgan fingerprint density at radius 1 is 0.544 bits per heavy atom. The maximum Gasteiger partial charge on any atom is 0.135 e. The Balaban J connectivity index is 0.00000582. The monoisotopic (exact) mass is 1070 g/mol. The first-order valence-corrected chi connectivity index (χ1v) is 22.8. The molecule has 10 aromatic rings. The largest absolute Gasteiger partial charge is 0.509 e. The topological polar surface area (TPSA) is 33.5 Å². The average molecular weight is 1070 g/mol. The molecule has 0 bridgehead atoms. The number of nitrogens with zero attached hydrogens (tertiary/aromatic N) is 4. The van der Waals surface area contributed by atoms with Gasteiger partial charge in [-0.2, -0.15) is 12.1 Å². The maximum atomic E-state index is 9.55. The van der Waals surface area contributed by atoms with Crippen LogP contribution in [0.2, 0.25) is 0 Å². The molecular formula is C62H51N4OPt-3. The van der Waals surface area contributed by atoms with E-state index in [0.29, 0.717) is 22.6 Å². The Labute approximate surface area is 418 Å². The summed E-state index contributed by atoms with van der Waals surface area (Å²) in [6.45, 7) is 14.7. The number of fused-ring (bicyclic) bond motifs is 4. The summed E-state index contributed by atoms with van der Waals surface area (Å²) in [5.41, 5.74) is 13.1. The first-order chi connectivity index (χ1) is 33.7. The molecule has 5 nitrogen and oxygen atoms in total. The van der Waals surface area contributed by atoms with Crippen LogP contribution in [0.1, 0.15) is 56.8 Å². The fourth-order valence-corrected chi connectivity index (χ4v) is 9.08.